The van der Waals surface area contributed by atoms with Crippen molar-refractivity contribution in [2.24, 2.45) is 0 Å². The predicted molar refractivity (Wildman–Crippen MR) is 275 cm³/mol. The van der Waals surface area contributed by atoms with Gasteiger partial charge in [0.2, 0.25) is 0 Å². The van der Waals surface area contributed by atoms with Crippen molar-refractivity contribution in [2.45, 2.75) is 290 Å². The van der Waals surface area contributed by atoms with Crippen molar-refractivity contribution in [3.8, 4) is 0 Å². The summed E-state index contributed by atoms with van der Waals surface area (Å²) in [4.78, 5) is 37.9. The van der Waals surface area contributed by atoms with Gasteiger partial charge in [-0.3, -0.25) is 14.4 Å². The molecular formula is C58H104O6. The highest BCUT2D eigenvalue weighted by atomic mass is 16.6. The molecule has 6 heteroatoms. The van der Waals surface area contributed by atoms with Gasteiger partial charge in [0.05, 0.1) is 6.42 Å². The molecule has 1 unspecified atom stereocenters. The maximum atomic E-state index is 12.8. The third-order valence-electron chi connectivity index (χ3n) is 12.1. The maximum Gasteiger partial charge on any atom is 0.309 e. The lowest BCUT2D eigenvalue weighted by molar-refractivity contribution is -0.166. The van der Waals surface area contributed by atoms with Crippen molar-refractivity contribution >= 4 is 17.9 Å². The summed E-state index contributed by atoms with van der Waals surface area (Å²) >= 11 is 0. The van der Waals surface area contributed by atoms with Crippen molar-refractivity contribution < 1.29 is 28.6 Å². The van der Waals surface area contributed by atoms with Gasteiger partial charge in [-0.1, -0.05) is 256 Å². The summed E-state index contributed by atoms with van der Waals surface area (Å²) in [6.45, 7) is 6.45. The highest BCUT2D eigenvalue weighted by Gasteiger charge is 2.19. The molecule has 0 bridgehead atoms. The monoisotopic (exact) mass is 897 g/mol. The van der Waals surface area contributed by atoms with Gasteiger partial charge < -0.3 is 14.2 Å². The Balaban J connectivity index is 4.30. The standard InChI is InChI=1S/C58H104O6/c1-4-7-10-13-16-19-21-23-25-27-29-31-32-34-36-39-42-45-48-51-57(60)63-54-55(53-62-56(59)50-47-44-41-38-18-15-12-9-6-3)64-58(61)52-49-46-43-40-37-35-33-30-28-26-24-22-20-17-14-11-8-5-2/h9,12,18,30,33,38,44,47,55H,4-8,10-11,13-17,19-29,31-32,34-37,39-43,45-46,48-54H2,1-3H3/b12-9-,33-30-,38-18-,47-44-. The first-order valence-corrected chi connectivity index (χ1v) is 27.6. The molecule has 0 aromatic heterocycles. The summed E-state index contributed by atoms with van der Waals surface area (Å²) in [7, 11) is 0. The van der Waals surface area contributed by atoms with Gasteiger partial charge in [0, 0.05) is 12.8 Å². The van der Waals surface area contributed by atoms with E-state index >= 15 is 0 Å². The van der Waals surface area contributed by atoms with Crippen LogP contribution in [-0.4, -0.2) is 37.2 Å². The molecule has 0 heterocycles. The molecule has 0 aromatic carbocycles. The molecule has 0 radical (unpaired) electrons. The van der Waals surface area contributed by atoms with E-state index in [0.29, 0.717) is 12.8 Å². The quantitative estimate of drug-likeness (QED) is 0.0262. The van der Waals surface area contributed by atoms with Gasteiger partial charge in [0.25, 0.3) is 0 Å². The number of carbonyl (C=O) groups is 3. The topological polar surface area (TPSA) is 78.9 Å². The van der Waals surface area contributed by atoms with E-state index in [1.807, 2.05) is 6.08 Å². The number of rotatable bonds is 50. The molecule has 372 valence electrons. The van der Waals surface area contributed by atoms with Gasteiger partial charge in [0.15, 0.2) is 6.10 Å². The second-order valence-electron chi connectivity index (χ2n) is 18.5. The molecule has 0 aliphatic heterocycles. The van der Waals surface area contributed by atoms with Crippen LogP contribution < -0.4 is 0 Å². The van der Waals surface area contributed by atoms with Gasteiger partial charge in [-0.2, -0.15) is 0 Å². The fourth-order valence-corrected chi connectivity index (χ4v) is 7.97. The molecule has 0 N–H and O–H groups in total. The zero-order chi connectivity index (χ0) is 46.5. The molecule has 0 saturated heterocycles. The summed E-state index contributed by atoms with van der Waals surface area (Å²) in [5, 5.41) is 0. The van der Waals surface area contributed by atoms with Crippen LogP contribution in [0, 0.1) is 0 Å². The van der Waals surface area contributed by atoms with Crippen LogP contribution >= 0.6 is 0 Å². The summed E-state index contributed by atoms with van der Waals surface area (Å²) in [5.74, 6) is -1.03. The van der Waals surface area contributed by atoms with Crippen LogP contribution in [0.5, 0.6) is 0 Å². The minimum atomic E-state index is -0.809. The first kappa shape index (κ1) is 61.4. The number of esters is 3. The van der Waals surface area contributed by atoms with Crippen molar-refractivity contribution in [3.63, 3.8) is 0 Å². The lowest BCUT2D eigenvalue weighted by atomic mass is 10.0. The fraction of sp³-hybridized carbons (Fsp3) is 0.810. The van der Waals surface area contributed by atoms with E-state index in [-0.39, 0.29) is 31.6 Å². The van der Waals surface area contributed by atoms with E-state index in [4.69, 9.17) is 14.2 Å². The smallest absolute Gasteiger partial charge is 0.309 e. The molecule has 0 spiro atoms. The minimum Gasteiger partial charge on any atom is -0.462 e. The van der Waals surface area contributed by atoms with E-state index in [1.165, 1.54) is 173 Å². The van der Waals surface area contributed by atoms with Crippen LogP contribution in [0.25, 0.3) is 0 Å². The Morgan fingerprint density at radius 2 is 0.672 bits per heavy atom. The lowest BCUT2D eigenvalue weighted by Crippen LogP contribution is -2.30. The summed E-state index contributed by atoms with van der Waals surface area (Å²) < 4.78 is 16.7. The number of unbranched alkanes of at least 4 members (excludes halogenated alkanes) is 32. The van der Waals surface area contributed by atoms with E-state index in [9.17, 15) is 14.4 Å². The molecule has 0 aliphatic rings. The van der Waals surface area contributed by atoms with E-state index in [2.05, 4.69) is 57.2 Å². The number of ether oxygens (including phenoxy) is 3. The van der Waals surface area contributed by atoms with Gasteiger partial charge in [0.1, 0.15) is 13.2 Å². The fourth-order valence-electron chi connectivity index (χ4n) is 7.97. The molecule has 0 rings (SSSR count). The summed E-state index contributed by atoms with van der Waals surface area (Å²) in [5.41, 5.74) is 0. The first-order valence-electron chi connectivity index (χ1n) is 27.6. The molecule has 0 aromatic rings. The van der Waals surface area contributed by atoms with Crippen LogP contribution in [0.1, 0.15) is 284 Å². The van der Waals surface area contributed by atoms with Crippen molar-refractivity contribution in [1.29, 1.82) is 0 Å². The van der Waals surface area contributed by atoms with Crippen LogP contribution in [0.3, 0.4) is 0 Å². The number of hydrogen-bond donors (Lipinski definition) is 0. The Bertz CT molecular complexity index is 1120. The summed E-state index contributed by atoms with van der Waals surface area (Å²) in [6.07, 6.45) is 64.3. The van der Waals surface area contributed by atoms with Crippen LogP contribution in [-0.2, 0) is 28.6 Å². The zero-order valence-corrected chi connectivity index (χ0v) is 42.6. The molecular weight excluding hydrogens is 793 g/mol. The van der Waals surface area contributed by atoms with Crippen molar-refractivity contribution in [1.82, 2.24) is 0 Å². The highest BCUT2D eigenvalue weighted by molar-refractivity contribution is 5.72. The predicted octanol–water partition coefficient (Wildman–Crippen LogP) is 18.3. The largest absolute Gasteiger partial charge is 0.462 e. The highest BCUT2D eigenvalue weighted by Crippen LogP contribution is 2.16. The normalized spacial score (nSPS) is 12.4. The van der Waals surface area contributed by atoms with Gasteiger partial charge >= 0.3 is 17.9 Å². The molecule has 0 saturated carbocycles. The average Bonchev–Trinajstić information content (AvgIpc) is 3.29. The van der Waals surface area contributed by atoms with E-state index < -0.39 is 12.1 Å². The van der Waals surface area contributed by atoms with Crippen LogP contribution in [0.4, 0.5) is 0 Å². The van der Waals surface area contributed by atoms with E-state index in [1.54, 1.807) is 6.08 Å². The van der Waals surface area contributed by atoms with Gasteiger partial charge in [-0.15, -0.1) is 0 Å². The molecule has 0 aliphatic carbocycles. The van der Waals surface area contributed by atoms with Crippen LogP contribution in [0.15, 0.2) is 48.6 Å². The number of allylic oxidation sites excluding steroid dienone is 7. The third kappa shape index (κ3) is 50.4. The average molecular weight is 897 g/mol. The van der Waals surface area contributed by atoms with E-state index in [0.717, 1.165) is 70.6 Å². The van der Waals surface area contributed by atoms with Gasteiger partial charge in [-0.05, 0) is 57.8 Å². The van der Waals surface area contributed by atoms with Crippen molar-refractivity contribution in [2.75, 3.05) is 13.2 Å². The Morgan fingerprint density at radius 1 is 0.344 bits per heavy atom. The third-order valence-corrected chi connectivity index (χ3v) is 12.1. The van der Waals surface area contributed by atoms with Crippen molar-refractivity contribution in [3.05, 3.63) is 48.6 Å². The molecule has 6 nitrogen and oxygen atoms in total. The zero-order valence-electron chi connectivity index (χ0n) is 42.6. The molecule has 1 atom stereocenters. The second kappa shape index (κ2) is 53.0. The first-order chi connectivity index (χ1) is 31.5. The molecule has 64 heavy (non-hydrogen) atoms. The molecule has 0 amide bonds. The Morgan fingerprint density at radius 3 is 1.08 bits per heavy atom. The Kier molecular flexibility index (Phi) is 50.8. The number of carbonyl (C=O) groups excluding carboxylic acids is 3. The molecule has 0 fully saturated rings. The number of hydrogen-bond acceptors (Lipinski definition) is 6. The second-order valence-corrected chi connectivity index (χ2v) is 18.5. The maximum absolute atomic E-state index is 12.8. The lowest BCUT2D eigenvalue weighted by Gasteiger charge is -2.18. The Hall–Kier alpha value is -2.63. The summed E-state index contributed by atoms with van der Waals surface area (Å²) in [6, 6.07) is 0. The SMILES string of the molecule is CC/C=C\C/C=C\C/C=C\CC(=O)OCC(COC(=O)CCCCCCCCCCCCCCCCCCCCC)OC(=O)CCCCCCC/C=C\CCCCCCCCCCC. The van der Waals surface area contributed by atoms with Gasteiger partial charge in [-0.25, -0.2) is 0 Å². The Labute approximate surface area is 397 Å². The minimum absolute atomic E-state index is 0.100. The van der Waals surface area contributed by atoms with Crippen LogP contribution in [0.2, 0.25) is 0 Å².